The minimum atomic E-state index is 0.0186. The Bertz CT molecular complexity index is 363. The Morgan fingerprint density at radius 3 is 2.50 bits per heavy atom. The maximum atomic E-state index is 12.5. The van der Waals surface area contributed by atoms with Crippen LogP contribution in [0.4, 0.5) is 4.79 Å². The molecule has 126 valence electrons. The van der Waals surface area contributed by atoms with E-state index in [1.165, 1.54) is 32.1 Å². The van der Waals surface area contributed by atoms with Gasteiger partial charge in [0.1, 0.15) is 0 Å². The predicted molar refractivity (Wildman–Crippen MR) is 84.6 cm³/mol. The first-order valence-corrected chi connectivity index (χ1v) is 9.03. The smallest absolute Gasteiger partial charge is 0.318 e. The van der Waals surface area contributed by atoms with Crippen LogP contribution in [0.3, 0.4) is 0 Å². The van der Waals surface area contributed by atoms with E-state index in [4.69, 9.17) is 9.84 Å². The fourth-order valence-electron chi connectivity index (χ4n) is 4.21. The SMILES string of the molecule is O=C(NC1CCC(C2CCC2)CC1)N1CCOCC1CCO. The molecule has 0 aromatic rings. The maximum absolute atomic E-state index is 12.5. The van der Waals surface area contributed by atoms with Gasteiger partial charge in [0.15, 0.2) is 0 Å². The van der Waals surface area contributed by atoms with Crippen LogP contribution < -0.4 is 5.32 Å². The van der Waals surface area contributed by atoms with Gasteiger partial charge in [-0.3, -0.25) is 0 Å². The minimum Gasteiger partial charge on any atom is -0.396 e. The molecule has 5 nitrogen and oxygen atoms in total. The lowest BCUT2D eigenvalue weighted by Crippen LogP contribution is -2.55. The van der Waals surface area contributed by atoms with E-state index in [0.717, 1.165) is 24.7 Å². The lowest BCUT2D eigenvalue weighted by molar-refractivity contribution is 0.00328. The molecule has 5 heteroatoms. The summed E-state index contributed by atoms with van der Waals surface area (Å²) < 4.78 is 5.43. The molecular formula is C17H30N2O3. The highest BCUT2D eigenvalue weighted by molar-refractivity contribution is 5.75. The van der Waals surface area contributed by atoms with Crippen LogP contribution in [0.2, 0.25) is 0 Å². The van der Waals surface area contributed by atoms with Gasteiger partial charge < -0.3 is 20.1 Å². The second-order valence-electron chi connectivity index (χ2n) is 7.19. The third-order valence-corrected chi connectivity index (χ3v) is 5.87. The zero-order chi connectivity index (χ0) is 15.4. The molecule has 2 aliphatic carbocycles. The zero-order valence-electron chi connectivity index (χ0n) is 13.5. The third kappa shape index (κ3) is 3.74. The largest absolute Gasteiger partial charge is 0.396 e. The molecule has 0 spiro atoms. The molecule has 1 unspecified atom stereocenters. The minimum absolute atomic E-state index is 0.0186. The summed E-state index contributed by atoms with van der Waals surface area (Å²) in [5.74, 6) is 1.89. The Labute approximate surface area is 133 Å². The van der Waals surface area contributed by atoms with Crippen molar-refractivity contribution in [3.05, 3.63) is 0 Å². The van der Waals surface area contributed by atoms with Crippen LogP contribution in [0.5, 0.6) is 0 Å². The molecule has 22 heavy (non-hydrogen) atoms. The number of amides is 2. The second-order valence-corrected chi connectivity index (χ2v) is 7.19. The fraction of sp³-hybridized carbons (Fsp3) is 0.941. The van der Waals surface area contributed by atoms with Crippen LogP contribution in [0.15, 0.2) is 0 Å². The molecule has 2 N–H and O–H groups in total. The van der Waals surface area contributed by atoms with Crippen molar-refractivity contribution >= 4 is 6.03 Å². The molecule has 1 aliphatic heterocycles. The summed E-state index contributed by atoms with van der Waals surface area (Å²) >= 11 is 0. The molecule has 1 atom stereocenters. The van der Waals surface area contributed by atoms with Crippen LogP contribution in [0, 0.1) is 11.8 Å². The molecule has 1 saturated heterocycles. The van der Waals surface area contributed by atoms with Gasteiger partial charge in [0.2, 0.25) is 0 Å². The second kappa shape index (κ2) is 7.64. The molecule has 3 fully saturated rings. The highest BCUT2D eigenvalue weighted by atomic mass is 16.5. The van der Waals surface area contributed by atoms with Gasteiger partial charge in [-0.05, 0) is 43.9 Å². The maximum Gasteiger partial charge on any atom is 0.318 e. The van der Waals surface area contributed by atoms with Crippen molar-refractivity contribution in [1.82, 2.24) is 10.2 Å². The number of aliphatic hydroxyl groups is 1. The summed E-state index contributed by atoms with van der Waals surface area (Å²) in [4.78, 5) is 14.4. The van der Waals surface area contributed by atoms with Crippen LogP contribution in [-0.2, 0) is 4.74 Å². The van der Waals surface area contributed by atoms with Gasteiger partial charge in [-0.2, -0.15) is 0 Å². The Balaban J connectivity index is 1.44. The standard InChI is InChI=1S/C17H30N2O3/c20-10-8-16-12-22-11-9-19(16)17(21)18-15-6-4-14(5-7-15)13-2-1-3-13/h13-16,20H,1-12H2,(H,18,21). The van der Waals surface area contributed by atoms with Crippen molar-refractivity contribution in [3.8, 4) is 0 Å². The molecule has 0 radical (unpaired) electrons. The number of nitrogens with one attached hydrogen (secondary N) is 1. The summed E-state index contributed by atoms with van der Waals surface area (Å²) in [6.45, 7) is 1.88. The van der Waals surface area contributed by atoms with Crippen LogP contribution in [0.1, 0.15) is 51.4 Å². The van der Waals surface area contributed by atoms with Gasteiger partial charge in [0.25, 0.3) is 0 Å². The molecule has 0 aromatic carbocycles. The van der Waals surface area contributed by atoms with Crippen molar-refractivity contribution in [3.63, 3.8) is 0 Å². The van der Waals surface area contributed by atoms with E-state index in [9.17, 15) is 4.79 Å². The topological polar surface area (TPSA) is 61.8 Å². The highest BCUT2D eigenvalue weighted by Crippen LogP contribution is 2.40. The van der Waals surface area contributed by atoms with E-state index in [1.807, 2.05) is 4.90 Å². The average molecular weight is 310 g/mol. The van der Waals surface area contributed by atoms with Gasteiger partial charge in [0.05, 0.1) is 19.3 Å². The van der Waals surface area contributed by atoms with Gasteiger partial charge in [-0.25, -0.2) is 4.79 Å². The van der Waals surface area contributed by atoms with Crippen LogP contribution >= 0.6 is 0 Å². The van der Waals surface area contributed by atoms with Gasteiger partial charge in [-0.15, -0.1) is 0 Å². The monoisotopic (exact) mass is 310 g/mol. The van der Waals surface area contributed by atoms with Crippen LogP contribution in [-0.4, -0.2) is 54.5 Å². The predicted octanol–water partition coefficient (Wildman–Crippen LogP) is 2.14. The van der Waals surface area contributed by atoms with E-state index >= 15 is 0 Å². The number of hydrogen-bond acceptors (Lipinski definition) is 3. The molecule has 0 aromatic heterocycles. The normalized spacial score (nSPS) is 33.3. The third-order valence-electron chi connectivity index (χ3n) is 5.87. The van der Waals surface area contributed by atoms with Crippen molar-refractivity contribution < 1.29 is 14.6 Å². The number of hydrogen-bond donors (Lipinski definition) is 2. The number of urea groups is 1. The van der Waals surface area contributed by atoms with Gasteiger partial charge in [-0.1, -0.05) is 19.3 Å². The van der Waals surface area contributed by atoms with E-state index in [-0.39, 0.29) is 18.7 Å². The summed E-state index contributed by atoms with van der Waals surface area (Å²) in [6.07, 6.45) is 9.69. The Morgan fingerprint density at radius 1 is 1.14 bits per heavy atom. The summed E-state index contributed by atoms with van der Waals surface area (Å²) in [5, 5.41) is 12.4. The molecule has 2 saturated carbocycles. The molecular weight excluding hydrogens is 280 g/mol. The summed E-state index contributed by atoms with van der Waals surface area (Å²) in [5.41, 5.74) is 0. The molecule has 2 amide bonds. The van der Waals surface area contributed by atoms with E-state index in [2.05, 4.69) is 5.32 Å². The molecule has 3 rings (SSSR count). The van der Waals surface area contributed by atoms with E-state index in [0.29, 0.717) is 32.2 Å². The first kappa shape index (κ1) is 16.1. The lowest BCUT2D eigenvalue weighted by atomic mass is 9.69. The average Bonchev–Trinajstić information content (AvgIpc) is 2.48. The van der Waals surface area contributed by atoms with Crippen molar-refractivity contribution in [2.45, 2.75) is 63.5 Å². The van der Waals surface area contributed by atoms with Crippen molar-refractivity contribution in [1.29, 1.82) is 0 Å². The zero-order valence-corrected chi connectivity index (χ0v) is 13.5. The molecule has 3 aliphatic rings. The van der Waals surface area contributed by atoms with Crippen molar-refractivity contribution in [2.75, 3.05) is 26.4 Å². The number of morpholine rings is 1. The number of carbonyl (C=O) groups excluding carboxylic acids is 1. The summed E-state index contributed by atoms with van der Waals surface area (Å²) in [7, 11) is 0. The molecule has 1 heterocycles. The van der Waals surface area contributed by atoms with Gasteiger partial charge >= 0.3 is 6.03 Å². The van der Waals surface area contributed by atoms with E-state index < -0.39 is 0 Å². The fourth-order valence-corrected chi connectivity index (χ4v) is 4.21. The number of carbonyl (C=O) groups is 1. The quantitative estimate of drug-likeness (QED) is 0.836. The lowest BCUT2D eigenvalue weighted by Gasteiger charge is -2.40. The van der Waals surface area contributed by atoms with Gasteiger partial charge in [0, 0.05) is 19.2 Å². The number of ether oxygens (including phenoxy) is 1. The highest BCUT2D eigenvalue weighted by Gasteiger charge is 2.33. The Kier molecular flexibility index (Phi) is 5.58. The molecule has 0 bridgehead atoms. The number of rotatable bonds is 4. The number of aliphatic hydroxyl groups excluding tert-OH is 1. The first-order valence-electron chi connectivity index (χ1n) is 9.03. The first-order chi connectivity index (χ1) is 10.8. The van der Waals surface area contributed by atoms with Crippen LogP contribution in [0.25, 0.3) is 0 Å². The summed E-state index contributed by atoms with van der Waals surface area (Å²) in [6, 6.07) is 0.389. The van der Waals surface area contributed by atoms with Crippen molar-refractivity contribution in [2.24, 2.45) is 11.8 Å². The Hall–Kier alpha value is -0.810. The number of nitrogens with zero attached hydrogens (tertiary/aromatic N) is 1. The van der Waals surface area contributed by atoms with E-state index in [1.54, 1.807) is 0 Å². The Morgan fingerprint density at radius 2 is 1.86 bits per heavy atom.